The highest BCUT2D eigenvalue weighted by atomic mass is 15.2. The zero-order valence-electron chi connectivity index (χ0n) is 10.1. The Morgan fingerprint density at radius 2 is 2.07 bits per heavy atom. The zero-order chi connectivity index (χ0) is 10.5. The Morgan fingerprint density at radius 3 is 2.87 bits per heavy atom. The normalized spacial score (nSPS) is 37.5. The molecule has 2 heteroatoms. The highest BCUT2D eigenvalue weighted by molar-refractivity contribution is 4.89. The van der Waals surface area contributed by atoms with E-state index in [1.165, 1.54) is 58.4 Å². The van der Waals surface area contributed by atoms with E-state index in [4.69, 9.17) is 0 Å². The highest BCUT2D eigenvalue weighted by Crippen LogP contribution is 2.15. The molecule has 2 rings (SSSR count). The van der Waals surface area contributed by atoms with Crippen LogP contribution in [-0.4, -0.2) is 39.8 Å². The Bertz CT molecular complexity index is 213. The summed E-state index contributed by atoms with van der Waals surface area (Å²) in [5, 5.41) is 0. The van der Waals surface area contributed by atoms with E-state index >= 15 is 0 Å². The maximum Gasteiger partial charge on any atom is 0.127 e. The van der Waals surface area contributed by atoms with Gasteiger partial charge in [0, 0.05) is 12.3 Å². The van der Waals surface area contributed by atoms with E-state index in [0.29, 0.717) is 0 Å². The minimum Gasteiger partial charge on any atom is -0.333 e. The lowest BCUT2D eigenvalue weighted by Crippen LogP contribution is -3.16. The molecule has 1 heterocycles. The fraction of sp³-hybridized carbons (Fsp3) is 0.846. The van der Waals surface area contributed by atoms with Crippen LogP contribution in [0.3, 0.4) is 0 Å². The van der Waals surface area contributed by atoms with E-state index in [2.05, 4.69) is 19.2 Å². The van der Waals surface area contributed by atoms with E-state index in [1.807, 2.05) is 4.90 Å². The highest BCUT2D eigenvalue weighted by Gasteiger charge is 2.21. The summed E-state index contributed by atoms with van der Waals surface area (Å²) in [5.74, 6) is 0.975. The lowest BCUT2D eigenvalue weighted by Gasteiger charge is -2.23. The fourth-order valence-corrected chi connectivity index (χ4v) is 2.93. The molecular formula is C13H26N2+2. The van der Waals surface area contributed by atoms with Crippen LogP contribution in [0.25, 0.3) is 0 Å². The lowest BCUT2D eigenvalue weighted by atomic mass is 9.94. The van der Waals surface area contributed by atoms with Crippen molar-refractivity contribution in [3.63, 3.8) is 0 Å². The number of quaternary nitrogens is 2. The lowest BCUT2D eigenvalue weighted by molar-refractivity contribution is -0.932. The zero-order valence-corrected chi connectivity index (χ0v) is 10.1. The number of nitrogens with one attached hydrogen (secondary N) is 2. The molecule has 0 aromatic carbocycles. The standard InChI is InChI=1S/C13H24N2/c1-14-8-5-9-15(11-10-14)12-13-6-3-2-4-7-13/h2-3,13H,4-12H2,1H3/p+2/t13-/m0/s1. The molecule has 2 unspecified atom stereocenters. The maximum absolute atomic E-state index is 2.39. The predicted molar refractivity (Wildman–Crippen MR) is 63.3 cm³/mol. The Kier molecular flexibility index (Phi) is 4.21. The topological polar surface area (TPSA) is 8.88 Å². The third-order valence-electron chi connectivity index (χ3n) is 3.99. The van der Waals surface area contributed by atoms with Gasteiger partial charge >= 0.3 is 0 Å². The summed E-state index contributed by atoms with van der Waals surface area (Å²) in [7, 11) is 2.34. The molecule has 15 heavy (non-hydrogen) atoms. The van der Waals surface area contributed by atoms with Crippen LogP contribution < -0.4 is 9.80 Å². The van der Waals surface area contributed by atoms with Gasteiger partial charge in [0.05, 0.1) is 26.7 Å². The second-order valence-corrected chi connectivity index (χ2v) is 5.42. The van der Waals surface area contributed by atoms with Gasteiger partial charge in [-0.3, -0.25) is 0 Å². The largest absolute Gasteiger partial charge is 0.333 e. The smallest absolute Gasteiger partial charge is 0.127 e. The van der Waals surface area contributed by atoms with Crippen LogP contribution in [0, 0.1) is 5.92 Å². The van der Waals surface area contributed by atoms with Crippen LogP contribution in [-0.2, 0) is 0 Å². The number of hydrogen-bond acceptors (Lipinski definition) is 0. The van der Waals surface area contributed by atoms with Crippen LogP contribution in [0.15, 0.2) is 12.2 Å². The summed E-state index contributed by atoms with van der Waals surface area (Å²) in [6.45, 7) is 6.99. The van der Waals surface area contributed by atoms with Gasteiger partial charge in [-0.15, -0.1) is 0 Å². The first-order chi connectivity index (χ1) is 7.34. The minimum absolute atomic E-state index is 0.975. The summed E-state index contributed by atoms with van der Waals surface area (Å²) in [5.41, 5.74) is 0. The van der Waals surface area contributed by atoms with Crippen molar-refractivity contribution >= 4 is 0 Å². The number of likely N-dealkylation sites (N-methyl/N-ethyl adjacent to an activating group) is 1. The maximum atomic E-state index is 2.39. The van der Waals surface area contributed by atoms with Gasteiger partial charge in [-0.2, -0.15) is 0 Å². The Hall–Kier alpha value is -0.340. The molecule has 2 nitrogen and oxygen atoms in total. The van der Waals surface area contributed by atoms with Crippen LogP contribution in [0.5, 0.6) is 0 Å². The first kappa shape index (κ1) is 11.2. The van der Waals surface area contributed by atoms with E-state index in [-0.39, 0.29) is 0 Å². The molecule has 1 saturated heterocycles. The predicted octanol–water partition coefficient (Wildman–Crippen LogP) is -0.854. The van der Waals surface area contributed by atoms with Crippen LogP contribution >= 0.6 is 0 Å². The van der Waals surface area contributed by atoms with Gasteiger partial charge in [0.15, 0.2) is 0 Å². The summed E-state index contributed by atoms with van der Waals surface area (Å²) in [4.78, 5) is 3.60. The molecule has 3 atom stereocenters. The SMILES string of the molecule is C[NH+]1CCC[NH+](C[C@H]2CC=CCC2)CC1. The van der Waals surface area contributed by atoms with Crippen molar-refractivity contribution in [2.24, 2.45) is 5.92 Å². The van der Waals surface area contributed by atoms with Crippen molar-refractivity contribution in [1.29, 1.82) is 0 Å². The molecule has 1 aliphatic carbocycles. The summed E-state index contributed by atoms with van der Waals surface area (Å²) in [6, 6.07) is 0. The Balaban J connectivity index is 1.75. The van der Waals surface area contributed by atoms with Gasteiger partial charge < -0.3 is 9.80 Å². The molecule has 0 radical (unpaired) electrons. The second kappa shape index (κ2) is 5.66. The van der Waals surface area contributed by atoms with Crippen molar-refractivity contribution in [3.8, 4) is 0 Å². The molecule has 0 amide bonds. The summed E-state index contributed by atoms with van der Waals surface area (Å²) >= 11 is 0. The monoisotopic (exact) mass is 210 g/mol. The third-order valence-corrected chi connectivity index (χ3v) is 3.99. The molecular weight excluding hydrogens is 184 g/mol. The first-order valence-corrected chi connectivity index (χ1v) is 6.64. The first-order valence-electron chi connectivity index (χ1n) is 6.64. The van der Waals surface area contributed by atoms with E-state index < -0.39 is 0 Å². The average molecular weight is 210 g/mol. The fourth-order valence-electron chi connectivity index (χ4n) is 2.93. The Morgan fingerprint density at radius 1 is 1.13 bits per heavy atom. The molecule has 0 spiro atoms. The minimum atomic E-state index is 0.975. The number of hydrogen-bond donors (Lipinski definition) is 2. The third kappa shape index (κ3) is 3.62. The van der Waals surface area contributed by atoms with Crippen molar-refractivity contribution in [1.82, 2.24) is 0 Å². The molecule has 0 aromatic heterocycles. The molecule has 0 aromatic rings. The molecule has 0 saturated carbocycles. The Labute approximate surface area is 93.9 Å². The van der Waals surface area contributed by atoms with Gasteiger partial charge in [-0.05, 0) is 19.3 Å². The van der Waals surface area contributed by atoms with Gasteiger partial charge in [0.25, 0.3) is 0 Å². The van der Waals surface area contributed by atoms with Gasteiger partial charge in [0.2, 0.25) is 0 Å². The average Bonchev–Trinajstić information content (AvgIpc) is 2.46. The summed E-state index contributed by atoms with van der Waals surface area (Å²) < 4.78 is 0. The van der Waals surface area contributed by atoms with Crippen molar-refractivity contribution in [3.05, 3.63) is 12.2 Å². The van der Waals surface area contributed by atoms with Crippen LogP contribution in [0.2, 0.25) is 0 Å². The molecule has 2 N–H and O–H groups in total. The molecule has 1 fully saturated rings. The number of rotatable bonds is 2. The van der Waals surface area contributed by atoms with Crippen molar-refractivity contribution < 1.29 is 9.80 Å². The molecule has 0 bridgehead atoms. The molecule has 1 aliphatic heterocycles. The van der Waals surface area contributed by atoms with Gasteiger partial charge in [0.1, 0.15) is 13.1 Å². The van der Waals surface area contributed by atoms with E-state index in [1.54, 1.807) is 4.90 Å². The van der Waals surface area contributed by atoms with E-state index in [9.17, 15) is 0 Å². The summed E-state index contributed by atoms with van der Waals surface area (Å²) in [6.07, 6.45) is 10.3. The van der Waals surface area contributed by atoms with Crippen molar-refractivity contribution in [2.75, 3.05) is 39.8 Å². The van der Waals surface area contributed by atoms with Crippen LogP contribution in [0.4, 0.5) is 0 Å². The van der Waals surface area contributed by atoms with Crippen molar-refractivity contribution in [2.45, 2.75) is 25.7 Å². The molecule has 2 aliphatic rings. The number of allylic oxidation sites excluding steroid dienone is 2. The van der Waals surface area contributed by atoms with E-state index in [0.717, 1.165) is 5.92 Å². The molecule has 86 valence electrons. The van der Waals surface area contributed by atoms with Gasteiger partial charge in [-0.1, -0.05) is 12.2 Å². The quantitative estimate of drug-likeness (QED) is 0.549. The second-order valence-electron chi connectivity index (χ2n) is 5.42. The van der Waals surface area contributed by atoms with Crippen LogP contribution in [0.1, 0.15) is 25.7 Å². The van der Waals surface area contributed by atoms with Gasteiger partial charge in [-0.25, -0.2) is 0 Å².